The van der Waals surface area contributed by atoms with Crippen molar-refractivity contribution in [1.29, 1.82) is 0 Å². The zero-order chi connectivity index (χ0) is 25.9. The van der Waals surface area contributed by atoms with Gasteiger partial charge in [-0.15, -0.1) is 0 Å². The number of pyridine rings is 2. The number of carbonyl (C=O) groups excluding carboxylic acids is 1. The lowest BCUT2D eigenvalue weighted by Crippen LogP contribution is -2.52. The third-order valence-corrected chi connectivity index (χ3v) is 6.23. The van der Waals surface area contributed by atoms with E-state index < -0.39 is 5.82 Å². The number of aryl methyl sites for hydroxylation is 2. The van der Waals surface area contributed by atoms with Crippen LogP contribution in [0.4, 0.5) is 26.5 Å². The number of aromatic amines is 1. The van der Waals surface area contributed by atoms with Gasteiger partial charge in [0.05, 0.1) is 18.4 Å². The van der Waals surface area contributed by atoms with Gasteiger partial charge in [-0.1, -0.05) is 6.07 Å². The Morgan fingerprint density at radius 3 is 2.54 bits per heavy atom. The maximum Gasteiger partial charge on any atom is 0.317 e. The number of nitrogens with zero attached hydrogens (tertiary/aromatic N) is 7. The van der Waals surface area contributed by atoms with Crippen molar-refractivity contribution in [2.45, 2.75) is 26.8 Å². The number of hydrogen-bond donors (Lipinski definition) is 3. The molecule has 1 aliphatic heterocycles. The number of aromatic nitrogens is 6. The molecule has 0 radical (unpaired) electrons. The summed E-state index contributed by atoms with van der Waals surface area (Å²) >= 11 is 0. The van der Waals surface area contributed by atoms with E-state index in [1.54, 1.807) is 12.3 Å². The first-order valence-electron chi connectivity index (χ1n) is 12.1. The smallest absolute Gasteiger partial charge is 0.317 e. The average molecular weight is 505 g/mol. The second-order valence-corrected chi connectivity index (χ2v) is 9.11. The molecule has 5 heterocycles. The Balaban J connectivity index is 1.16. The number of carbonyl (C=O) groups is 1. The molecule has 0 spiro atoms. The fourth-order valence-corrected chi connectivity index (χ4v) is 4.25. The van der Waals surface area contributed by atoms with Crippen molar-refractivity contribution in [3.63, 3.8) is 0 Å². The lowest BCUT2D eigenvalue weighted by atomic mass is 10.1. The van der Waals surface area contributed by atoms with E-state index in [0.29, 0.717) is 32.0 Å². The molecular weight excluding hydrogens is 475 g/mol. The van der Waals surface area contributed by atoms with E-state index in [2.05, 4.69) is 40.8 Å². The van der Waals surface area contributed by atoms with Crippen molar-refractivity contribution in [3.05, 3.63) is 71.7 Å². The third-order valence-electron chi connectivity index (χ3n) is 6.23. The lowest BCUT2D eigenvalue weighted by molar-refractivity contribution is 0.191. The molecule has 1 fully saturated rings. The number of amides is 2. The van der Waals surface area contributed by atoms with Crippen molar-refractivity contribution in [2.75, 3.05) is 36.4 Å². The van der Waals surface area contributed by atoms with Gasteiger partial charge >= 0.3 is 6.03 Å². The highest BCUT2D eigenvalue weighted by molar-refractivity contribution is 5.75. The summed E-state index contributed by atoms with van der Waals surface area (Å²) in [5, 5.41) is 17.3. The van der Waals surface area contributed by atoms with Gasteiger partial charge < -0.3 is 20.4 Å². The molecule has 12 heteroatoms. The van der Waals surface area contributed by atoms with Gasteiger partial charge in [0.2, 0.25) is 0 Å². The van der Waals surface area contributed by atoms with E-state index in [-0.39, 0.29) is 12.1 Å². The van der Waals surface area contributed by atoms with Gasteiger partial charge in [-0.2, -0.15) is 10.2 Å². The first kappa shape index (κ1) is 24.2. The summed E-state index contributed by atoms with van der Waals surface area (Å²) in [6.45, 7) is 8.44. The standard InChI is InChI=1S/C25H29FN10O/c1-16-10-21(12-22(29-16)31-23-11-17(2)32-33-23)34-6-8-35(9-7-34)25(37)30-18(3)19-4-5-24(27-13-19)36-15-20(26)14-28-36/h4-5,10-15,18H,6-9H2,1-3H3,(H,30,37)(H2,29,31,32,33). The Morgan fingerprint density at radius 1 is 1.08 bits per heavy atom. The summed E-state index contributed by atoms with van der Waals surface area (Å²) in [6.07, 6.45) is 4.06. The SMILES string of the molecule is Cc1cc(N2CCN(C(=O)NC(C)c3ccc(-n4cc(F)cn4)nc3)CC2)cc(Nc2cc(C)[nH]n2)n1. The average Bonchev–Trinajstić information content (AvgIpc) is 3.51. The fraction of sp³-hybridized carbons (Fsp3) is 0.320. The normalized spacial score (nSPS) is 14.5. The van der Waals surface area contributed by atoms with E-state index in [4.69, 9.17) is 0 Å². The quantitative estimate of drug-likeness (QED) is 0.368. The highest BCUT2D eigenvalue weighted by atomic mass is 19.1. The van der Waals surface area contributed by atoms with Gasteiger partial charge in [0.1, 0.15) is 5.82 Å². The number of halogens is 1. The predicted octanol–water partition coefficient (Wildman–Crippen LogP) is 3.48. The molecule has 1 atom stereocenters. The topological polar surface area (TPSA) is 120 Å². The molecule has 0 saturated carbocycles. The van der Waals surface area contributed by atoms with Crippen LogP contribution >= 0.6 is 0 Å². The molecule has 0 bridgehead atoms. The van der Waals surface area contributed by atoms with Crippen LogP contribution in [0.15, 0.2) is 48.9 Å². The highest BCUT2D eigenvalue weighted by Crippen LogP contribution is 2.23. The van der Waals surface area contributed by atoms with E-state index in [9.17, 15) is 9.18 Å². The number of hydrogen-bond acceptors (Lipinski definition) is 7. The summed E-state index contributed by atoms with van der Waals surface area (Å²) in [7, 11) is 0. The van der Waals surface area contributed by atoms with Crippen molar-refractivity contribution in [2.24, 2.45) is 0 Å². The molecular formula is C25H29FN10O. The Kier molecular flexibility index (Phi) is 6.71. The molecule has 0 aromatic carbocycles. The van der Waals surface area contributed by atoms with Crippen LogP contribution < -0.4 is 15.5 Å². The van der Waals surface area contributed by atoms with Gasteiger partial charge in [0, 0.05) is 61.6 Å². The van der Waals surface area contributed by atoms with Gasteiger partial charge in [-0.25, -0.2) is 23.8 Å². The first-order valence-corrected chi connectivity index (χ1v) is 12.1. The van der Waals surface area contributed by atoms with Crippen molar-refractivity contribution < 1.29 is 9.18 Å². The second kappa shape index (κ2) is 10.2. The van der Waals surface area contributed by atoms with Crippen LogP contribution in [0.2, 0.25) is 0 Å². The van der Waals surface area contributed by atoms with Crippen LogP contribution in [0, 0.1) is 19.7 Å². The van der Waals surface area contributed by atoms with E-state index >= 15 is 0 Å². The third kappa shape index (κ3) is 5.68. The molecule has 37 heavy (non-hydrogen) atoms. The lowest BCUT2D eigenvalue weighted by Gasteiger charge is -2.36. The van der Waals surface area contributed by atoms with Crippen molar-refractivity contribution >= 4 is 23.4 Å². The zero-order valence-electron chi connectivity index (χ0n) is 20.9. The predicted molar refractivity (Wildman–Crippen MR) is 138 cm³/mol. The molecule has 11 nitrogen and oxygen atoms in total. The number of H-pyrrole nitrogens is 1. The van der Waals surface area contributed by atoms with Crippen LogP contribution in [-0.4, -0.2) is 67.1 Å². The molecule has 1 aliphatic rings. The molecule has 1 unspecified atom stereocenters. The summed E-state index contributed by atoms with van der Waals surface area (Å²) in [4.78, 5) is 25.9. The molecule has 5 rings (SSSR count). The minimum atomic E-state index is -0.424. The van der Waals surface area contributed by atoms with E-state index in [1.807, 2.05) is 49.9 Å². The Bertz CT molecular complexity index is 1370. The van der Waals surface area contributed by atoms with Gasteiger partial charge in [-0.3, -0.25) is 5.10 Å². The van der Waals surface area contributed by atoms with E-state index in [1.165, 1.54) is 10.9 Å². The van der Waals surface area contributed by atoms with Crippen molar-refractivity contribution in [3.8, 4) is 5.82 Å². The summed E-state index contributed by atoms with van der Waals surface area (Å²) in [5.41, 5.74) is 3.78. The van der Waals surface area contributed by atoms with Crippen molar-refractivity contribution in [1.82, 2.24) is 40.2 Å². The number of piperazine rings is 1. The number of rotatable bonds is 6. The summed E-state index contributed by atoms with van der Waals surface area (Å²) in [5.74, 6) is 1.53. The summed E-state index contributed by atoms with van der Waals surface area (Å²) in [6, 6.07) is 9.22. The Hall–Kier alpha value is -4.48. The molecule has 0 aliphatic carbocycles. The molecule has 4 aromatic heterocycles. The molecule has 4 aromatic rings. The van der Waals surface area contributed by atoms with Gasteiger partial charge in [-0.05, 0) is 38.5 Å². The summed E-state index contributed by atoms with van der Waals surface area (Å²) < 4.78 is 14.6. The van der Waals surface area contributed by atoms with Gasteiger partial charge in [0.25, 0.3) is 0 Å². The zero-order valence-corrected chi connectivity index (χ0v) is 20.9. The number of anilines is 3. The van der Waals surface area contributed by atoms with Crippen LogP contribution in [0.1, 0.15) is 29.9 Å². The Labute approximate surface area is 213 Å². The maximum atomic E-state index is 13.2. The number of urea groups is 1. The van der Waals surface area contributed by atoms with Crippen LogP contribution in [0.25, 0.3) is 5.82 Å². The van der Waals surface area contributed by atoms with Gasteiger partial charge in [0.15, 0.2) is 17.5 Å². The van der Waals surface area contributed by atoms with Crippen LogP contribution in [0.3, 0.4) is 0 Å². The molecule has 2 amide bonds. The molecule has 1 saturated heterocycles. The highest BCUT2D eigenvalue weighted by Gasteiger charge is 2.23. The largest absolute Gasteiger partial charge is 0.368 e. The maximum absolute atomic E-state index is 13.2. The molecule has 192 valence electrons. The minimum Gasteiger partial charge on any atom is -0.368 e. The monoisotopic (exact) mass is 504 g/mol. The minimum absolute atomic E-state index is 0.118. The second-order valence-electron chi connectivity index (χ2n) is 9.11. The Morgan fingerprint density at radius 2 is 1.89 bits per heavy atom. The first-order chi connectivity index (χ1) is 17.8. The van der Waals surface area contributed by atoms with Crippen LogP contribution in [-0.2, 0) is 0 Å². The van der Waals surface area contributed by atoms with E-state index in [0.717, 1.165) is 40.5 Å². The molecule has 3 N–H and O–H groups in total. The fourth-order valence-electron chi connectivity index (χ4n) is 4.25. The number of nitrogens with one attached hydrogen (secondary N) is 3. The van der Waals surface area contributed by atoms with Crippen LogP contribution in [0.5, 0.6) is 0 Å².